The first-order chi connectivity index (χ1) is 8.72. The number of hydrogen-bond acceptors (Lipinski definition) is 3. The lowest BCUT2D eigenvalue weighted by Gasteiger charge is -2.09. The maximum absolute atomic E-state index is 5.60. The van der Waals surface area contributed by atoms with Gasteiger partial charge in [0, 0.05) is 18.9 Å². The summed E-state index contributed by atoms with van der Waals surface area (Å²) in [6, 6.07) is 7.50. The smallest absolute Gasteiger partial charge is 0.119 e. The number of unbranched alkanes of at least 4 members (excludes halogenated alkanes) is 1. The van der Waals surface area contributed by atoms with Crippen LogP contribution in [0.5, 0.6) is 5.75 Å². The molecule has 0 radical (unpaired) electrons. The first-order valence-electron chi connectivity index (χ1n) is 6.78. The second kappa shape index (κ2) is 8.81. The van der Waals surface area contributed by atoms with E-state index in [1.54, 1.807) is 0 Å². The zero-order valence-corrected chi connectivity index (χ0v) is 11.5. The molecule has 0 amide bonds. The quantitative estimate of drug-likeness (QED) is 0.539. The van der Waals surface area contributed by atoms with Gasteiger partial charge >= 0.3 is 0 Å². The molecule has 0 saturated carbocycles. The summed E-state index contributed by atoms with van der Waals surface area (Å²) >= 11 is 0. The Hall–Kier alpha value is -1.22. The Morgan fingerprint density at radius 3 is 2.44 bits per heavy atom. The van der Waals surface area contributed by atoms with Gasteiger partial charge in [-0.25, -0.2) is 0 Å². The Morgan fingerprint density at radius 1 is 1.11 bits per heavy atom. The van der Waals surface area contributed by atoms with E-state index in [-0.39, 0.29) is 0 Å². The summed E-state index contributed by atoms with van der Waals surface area (Å²) in [6.07, 6.45) is 3.25. The first kappa shape index (κ1) is 14.8. The van der Waals surface area contributed by atoms with Crippen LogP contribution in [0.3, 0.4) is 0 Å². The van der Waals surface area contributed by atoms with Crippen LogP contribution in [-0.2, 0) is 4.74 Å². The van der Waals surface area contributed by atoms with Crippen LogP contribution >= 0.6 is 0 Å². The van der Waals surface area contributed by atoms with Crippen molar-refractivity contribution in [3.63, 3.8) is 0 Å². The molecule has 0 aromatic heterocycles. The monoisotopic (exact) mass is 251 g/mol. The molecule has 0 fully saturated rings. The van der Waals surface area contributed by atoms with Gasteiger partial charge in [-0.2, -0.15) is 0 Å². The molecule has 1 rings (SSSR count). The summed E-state index contributed by atoms with van der Waals surface area (Å²) in [5, 5.41) is 0. The Morgan fingerprint density at radius 2 is 1.78 bits per heavy atom. The van der Waals surface area contributed by atoms with E-state index in [0.717, 1.165) is 44.1 Å². The molecule has 0 aliphatic rings. The topological polar surface area (TPSA) is 44.5 Å². The molecule has 2 N–H and O–H groups in total. The average molecular weight is 251 g/mol. The second-order valence-corrected chi connectivity index (χ2v) is 4.71. The molecule has 1 aromatic carbocycles. The van der Waals surface area contributed by atoms with Gasteiger partial charge in [0.1, 0.15) is 5.75 Å². The Labute approximate surface area is 110 Å². The zero-order valence-electron chi connectivity index (χ0n) is 11.5. The summed E-state index contributed by atoms with van der Waals surface area (Å²) in [7, 11) is 0. The van der Waals surface area contributed by atoms with Crippen LogP contribution in [0.1, 0.15) is 33.1 Å². The molecule has 102 valence electrons. The van der Waals surface area contributed by atoms with Crippen molar-refractivity contribution in [3.8, 4) is 5.75 Å². The van der Waals surface area contributed by atoms with Gasteiger partial charge in [-0.3, -0.25) is 0 Å². The van der Waals surface area contributed by atoms with Crippen LogP contribution in [0.25, 0.3) is 0 Å². The van der Waals surface area contributed by atoms with Gasteiger partial charge in [0.05, 0.1) is 6.61 Å². The van der Waals surface area contributed by atoms with E-state index in [1.807, 2.05) is 24.3 Å². The fraction of sp³-hybridized carbons (Fsp3) is 0.600. The lowest BCUT2D eigenvalue weighted by Crippen LogP contribution is -2.06. The van der Waals surface area contributed by atoms with Crippen molar-refractivity contribution in [3.05, 3.63) is 24.3 Å². The molecule has 0 bridgehead atoms. The highest BCUT2D eigenvalue weighted by Crippen LogP contribution is 2.13. The highest BCUT2D eigenvalue weighted by molar-refractivity contribution is 5.41. The Balaban J connectivity index is 1.97. The lowest BCUT2D eigenvalue weighted by atomic mass is 10.1. The van der Waals surface area contributed by atoms with Crippen LogP contribution in [0, 0.1) is 5.92 Å². The van der Waals surface area contributed by atoms with Gasteiger partial charge in [0.25, 0.3) is 0 Å². The molecule has 3 heteroatoms. The molecular weight excluding hydrogens is 226 g/mol. The van der Waals surface area contributed by atoms with E-state index in [4.69, 9.17) is 15.2 Å². The average Bonchev–Trinajstić information content (AvgIpc) is 2.39. The van der Waals surface area contributed by atoms with Crippen molar-refractivity contribution in [1.29, 1.82) is 0 Å². The molecule has 3 nitrogen and oxygen atoms in total. The van der Waals surface area contributed by atoms with E-state index in [1.165, 1.54) is 6.42 Å². The normalized spacial score (nSPS) is 12.3. The maximum Gasteiger partial charge on any atom is 0.119 e. The third kappa shape index (κ3) is 6.50. The van der Waals surface area contributed by atoms with E-state index in [2.05, 4.69) is 13.8 Å². The number of nitrogens with two attached hydrogens (primary N) is 1. The van der Waals surface area contributed by atoms with Crippen molar-refractivity contribution in [1.82, 2.24) is 0 Å². The predicted octanol–water partition coefficient (Wildman–Crippen LogP) is 3.49. The molecule has 0 spiro atoms. The summed E-state index contributed by atoms with van der Waals surface area (Å²) in [4.78, 5) is 0. The minimum absolute atomic E-state index is 0.663. The van der Waals surface area contributed by atoms with Crippen molar-refractivity contribution in [2.24, 2.45) is 5.92 Å². The van der Waals surface area contributed by atoms with Crippen molar-refractivity contribution in [2.75, 3.05) is 25.6 Å². The van der Waals surface area contributed by atoms with E-state index in [0.29, 0.717) is 5.92 Å². The number of benzene rings is 1. The van der Waals surface area contributed by atoms with Crippen molar-refractivity contribution >= 4 is 5.69 Å². The van der Waals surface area contributed by atoms with E-state index < -0.39 is 0 Å². The second-order valence-electron chi connectivity index (χ2n) is 4.71. The number of nitrogen functional groups attached to an aromatic ring is 1. The Kier molecular flexibility index (Phi) is 7.26. The minimum Gasteiger partial charge on any atom is -0.494 e. The third-order valence-electron chi connectivity index (χ3n) is 2.93. The maximum atomic E-state index is 5.60. The van der Waals surface area contributed by atoms with Crippen LogP contribution in [-0.4, -0.2) is 19.8 Å². The molecular formula is C15H25NO2. The van der Waals surface area contributed by atoms with Gasteiger partial charge in [0.2, 0.25) is 0 Å². The van der Waals surface area contributed by atoms with Gasteiger partial charge in [-0.1, -0.05) is 20.3 Å². The van der Waals surface area contributed by atoms with Crippen molar-refractivity contribution in [2.45, 2.75) is 33.1 Å². The molecule has 18 heavy (non-hydrogen) atoms. The van der Waals surface area contributed by atoms with Crippen molar-refractivity contribution < 1.29 is 9.47 Å². The fourth-order valence-corrected chi connectivity index (χ4v) is 1.46. The number of hydrogen-bond donors (Lipinski definition) is 1. The molecule has 1 atom stereocenters. The first-order valence-corrected chi connectivity index (χ1v) is 6.78. The predicted molar refractivity (Wildman–Crippen MR) is 75.9 cm³/mol. The van der Waals surface area contributed by atoms with Gasteiger partial charge in [-0.05, 0) is 43.0 Å². The van der Waals surface area contributed by atoms with Gasteiger partial charge < -0.3 is 15.2 Å². The Bertz CT molecular complexity index is 311. The minimum atomic E-state index is 0.663. The molecule has 0 aliphatic carbocycles. The number of ether oxygens (including phenoxy) is 2. The highest BCUT2D eigenvalue weighted by Gasteiger charge is 1.98. The summed E-state index contributed by atoms with van der Waals surface area (Å²) in [5.41, 5.74) is 6.36. The third-order valence-corrected chi connectivity index (χ3v) is 2.93. The van der Waals surface area contributed by atoms with Gasteiger partial charge in [-0.15, -0.1) is 0 Å². The SMILES string of the molecule is CC[C@H](C)COCCCCOc1ccc(N)cc1. The van der Waals surface area contributed by atoms with E-state index >= 15 is 0 Å². The van der Waals surface area contributed by atoms with Gasteiger partial charge in [0.15, 0.2) is 0 Å². The van der Waals surface area contributed by atoms with Crippen LogP contribution in [0.15, 0.2) is 24.3 Å². The zero-order chi connectivity index (χ0) is 13.2. The summed E-state index contributed by atoms with van der Waals surface area (Å²) < 4.78 is 11.2. The molecule has 1 aromatic rings. The summed E-state index contributed by atoms with van der Waals surface area (Å²) in [5.74, 6) is 1.54. The largest absolute Gasteiger partial charge is 0.494 e. The molecule has 0 heterocycles. The standard InChI is InChI=1S/C15H25NO2/c1-3-13(2)12-17-10-4-5-11-18-15-8-6-14(16)7-9-15/h6-9,13H,3-5,10-12,16H2,1-2H3/t13-/m0/s1. The molecule has 0 aliphatic heterocycles. The van der Waals surface area contributed by atoms with Crippen LogP contribution < -0.4 is 10.5 Å². The number of anilines is 1. The highest BCUT2D eigenvalue weighted by atomic mass is 16.5. The summed E-state index contributed by atoms with van der Waals surface area (Å²) in [6.45, 7) is 6.83. The fourth-order valence-electron chi connectivity index (χ4n) is 1.46. The van der Waals surface area contributed by atoms with Crippen LogP contribution in [0.2, 0.25) is 0 Å². The molecule has 0 saturated heterocycles. The molecule has 0 unspecified atom stereocenters. The van der Waals surface area contributed by atoms with Crippen LogP contribution in [0.4, 0.5) is 5.69 Å². The van der Waals surface area contributed by atoms with E-state index in [9.17, 15) is 0 Å². The number of rotatable bonds is 9. The lowest BCUT2D eigenvalue weighted by molar-refractivity contribution is 0.0977.